The van der Waals surface area contributed by atoms with Crippen molar-refractivity contribution in [1.82, 2.24) is 4.57 Å². The Balaban J connectivity index is 1.76. The molecule has 0 saturated carbocycles. The highest BCUT2D eigenvalue weighted by Crippen LogP contribution is 2.47. The average Bonchev–Trinajstić information content (AvgIpc) is 3.15. The van der Waals surface area contributed by atoms with E-state index in [9.17, 15) is 14.7 Å². The summed E-state index contributed by atoms with van der Waals surface area (Å²) in [6, 6.07) is 9.30. The fourth-order valence-corrected chi connectivity index (χ4v) is 4.95. The standard InChI is InChI=1S/C23H24N2O6/c1-4-23(28)15-9-17-19-13(10-25(17)20(26)14(15)11-31-22(23)27)18(21(29-2)30-3)12-7-5-6-8-16(12)24-19/h5-9,19,21,24,28H,4,10-11H2,1-3H3. The largest absolute Gasteiger partial charge is 0.458 e. The minimum atomic E-state index is -1.83. The van der Waals surface area contributed by atoms with E-state index in [0.717, 1.165) is 22.4 Å². The van der Waals surface area contributed by atoms with E-state index in [1.165, 1.54) is 0 Å². The van der Waals surface area contributed by atoms with Crippen LogP contribution in [0.4, 0.5) is 5.69 Å². The Labute approximate surface area is 179 Å². The molecular formula is C23H24N2O6. The van der Waals surface area contributed by atoms with Gasteiger partial charge in [0.1, 0.15) is 6.61 Å². The van der Waals surface area contributed by atoms with Crippen molar-refractivity contribution in [2.45, 2.75) is 44.4 Å². The molecule has 162 valence electrons. The smallest absolute Gasteiger partial charge is 0.343 e. The number of cyclic esters (lactones) is 1. The van der Waals surface area contributed by atoms with Crippen molar-refractivity contribution in [3.8, 4) is 0 Å². The minimum Gasteiger partial charge on any atom is -0.458 e. The summed E-state index contributed by atoms with van der Waals surface area (Å²) < 4.78 is 18.0. The molecule has 3 aliphatic rings. The molecule has 31 heavy (non-hydrogen) atoms. The number of hydrogen-bond donors (Lipinski definition) is 2. The second-order valence-corrected chi connectivity index (χ2v) is 8.01. The highest BCUT2D eigenvalue weighted by Gasteiger charge is 2.47. The first-order valence-corrected chi connectivity index (χ1v) is 10.3. The van der Waals surface area contributed by atoms with Crippen molar-refractivity contribution in [3.63, 3.8) is 0 Å². The summed E-state index contributed by atoms with van der Waals surface area (Å²) in [5.74, 6) is -0.720. The molecule has 2 unspecified atom stereocenters. The lowest BCUT2D eigenvalue weighted by atomic mass is 9.85. The summed E-state index contributed by atoms with van der Waals surface area (Å²) in [7, 11) is 3.16. The summed E-state index contributed by atoms with van der Waals surface area (Å²) in [5, 5.41) is 14.5. The first kappa shape index (κ1) is 20.0. The number of anilines is 1. The second kappa shape index (κ2) is 7.05. The third-order valence-corrected chi connectivity index (χ3v) is 6.57. The predicted molar refractivity (Wildman–Crippen MR) is 112 cm³/mol. The van der Waals surface area contributed by atoms with Gasteiger partial charge >= 0.3 is 5.97 Å². The normalized spacial score (nSPS) is 23.6. The number of esters is 1. The number of para-hydroxylation sites is 1. The number of aromatic nitrogens is 1. The summed E-state index contributed by atoms with van der Waals surface area (Å²) in [6.07, 6.45) is -0.482. The van der Waals surface area contributed by atoms with Crippen LogP contribution in [0.3, 0.4) is 0 Å². The van der Waals surface area contributed by atoms with Crippen molar-refractivity contribution < 1.29 is 24.1 Å². The van der Waals surface area contributed by atoms with Gasteiger partial charge < -0.3 is 29.2 Å². The summed E-state index contributed by atoms with van der Waals surface area (Å²) in [5.41, 5.74) is 2.95. The number of nitrogens with one attached hydrogen (secondary N) is 1. The van der Waals surface area contributed by atoms with Crippen molar-refractivity contribution >= 4 is 17.2 Å². The Morgan fingerprint density at radius 1 is 1.29 bits per heavy atom. The van der Waals surface area contributed by atoms with Gasteiger partial charge in [-0.1, -0.05) is 25.1 Å². The number of nitrogens with zero attached hydrogens (tertiary/aromatic N) is 1. The van der Waals surface area contributed by atoms with E-state index in [1.54, 1.807) is 31.8 Å². The Bertz CT molecular complexity index is 1180. The fraction of sp³-hybridized carbons (Fsp3) is 0.391. The number of fused-ring (bicyclic) bond motifs is 5. The van der Waals surface area contributed by atoms with Crippen molar-refractivity contribution in [3.05, 3.63) is 68.6 Å². The van der Waals surface area contributed by atoms with E-state index in [0.29, 0.717) is 23.4 Å². The third kappa shape index (κ3) is 2.65. The Morgan fingerprint density at radius 2 is 2.03 bits per heavy atom. The molecule has 0 radical (unpaired) electrons. The van der Waals surface area contributed by atoms with E-state index in [4.69, 9.17) is 14.2 Å². The molecule has 0 aliphatic carbocycles. The van der Waals surface area contributed by atoms with E-state index in [1.807, 2.05) is 24.3 Å². The lowest BCUT2D eigenvalue weighted by molar-refractivity contribution is -0.172. The van der Waals surface area contributed by atoms with E-state index >= 15 is 0 Å². The lowest BCUT2D eigenvalue weighted by Crippen LogP contribution is -2.44. The van der Waals surface area contributed by atoms with Gasteiger partial charge in [0.25, 0.3) is 5.56 Å². The molecule has 8 heteroatoms. The Morgan fingerprint density at radius 3 is 2.74 bits per heavy atom. The van der Waals surface area contributed by atoms with E-state index in [-0.39, 0.29) is 24.6 Å². The van der Waals surface area contributed by atoms with Crippen LogP contribution < -0.4 is 10.9 Å². The van der Waals surface area contributed by atoms with Gasteiger partial charge in [0.2, 0.25) is 0 Å². The zero-order valence-electron chi connectivity index (χ0n) is 17.6. The maximum Gasteiger partial charge on any atom is 0.343 e. The van der Waals surface area contributed by atoms with Gasteiger partial charge in [-0.15, -0.1) is 0 Å². The van der Waals surface area contributed by atoms with Gasteiger partial charge in [-0.3, -0.25) is 4.79 Å². The van der Waals surface area contributed by atoms with Gasteiger partial charge in [0.15, 0.2) is 11.9 Å². The molecule has 0 amide bonds. The van der Waals surface area contributed by atoms with Crippen LogP contribution in [0.5, 0.6) is 0 Å². The van der Waals surface area contributed by atoms with Crippen molar-refractivity contribution in [2.75, 3.05) is 19.5 Å². The number of carbonyl (C=O) groups excluding carboxylic acids is 1. The van der Waals surface area contributed by atoms with E-state index in [2.05, 4.69) is 5.32 Å². The first-order valence-electron chi connectivity index (χ1n) is 10.3. The van der Waals surface area contributed by atoms with Crippen LogP contribution in [-0.2, 0) is 37.8 Å². The van der Waals surface area contributed by atoms with Crippen LogP contribution >= 0.6 is 0 Å². The van der Waals surface area contributed by atoms with Crippen LogP contribution in [-0.4, -0.2) is 36.2 Å². The molecule has 2 aromatic rings. The fourth-order valence-electron chi connectivity index (χ4n) is 4.95. The number of ether oxygens (including phenoxy) is 3. The summed E-state index contributed by atoms with van der Waals surface area (Å²) in [6.45, 7) is 1.91. The molecule has 2 N–H and O–H groups in total. The van der Waals surface area contributed by atoms with Crippen LogP contribution in [0.2, 0.25) is 0 Å². The van der Waals surface area contributed by atoms with Crippen LogP contribution in [0.25, 0.3) is 5.57 Å². The number of carbonyl (C=O) groups is 1. The topological polar surface area (TPSA) is 99.0 Å². The molecule has 0 fully saturated rings. The van der Waals surface area contributed by atoms with E-state index < -0.39 is 17.9 Å². The first-order chi connectivity index (χ1) is 14.9. The molecule has 2 atom stereocenters. The summed E-state index contributed by atoms with van der Waals surface area (Å²) >= 11 is 0. The summed E-state index contributed by atoms with van der Waals surface area (Å²) in [4.78, 5) is 25.7. The molecular weight excluding hydrogens is 400 g/mol. The SMILES string of the molecule is CCC1(O)C(=O)OCc2c1cc1n(c2=O)CC2=C(C(OC)OC)c3ccccc3NC21. The molecule has 0 saturated heterocycles. The second-order valence-electron chi connectivity index (χ2n) is 8.01. The highest BCUT2D eigenvalue weighted by atomic mass is 16.7. The van der Waals surface area contributed by atoms with Crippen LogP contribution in [0, 0.1) is 0 Å². The predicted octanol–water partition coefficient (Wildman–Crippen LogP) is 2.06. The van der Waals surface area contributed by atoms with Crippen molar-refractivity contribution in [2.24, 2.45) is 0 Å². The van der Waals surface area contributed by atoms with Gasteiger partial charge in [-0.05, 0) is 24.1 Å². The highest BCUT2D eigenvalue weighted by molar-refractivity contribution is 5.86. The van der Waals surface area contributed by atoms with Crippen LogP contribution in [0.15, 0.2) is 40.7 Å². The molecule has 5 rings (SSSR count). The molecule has 0 bridgehead atoms. The van der Waals surface area contributed by atoms with Crippen LogP contribution in [0.1, 0.15) is 41.8 Å². The van der Waals surface area contributed by atoms with Gasteiger partial charge in [-0.2, -0.15) is 0 Å². The molecule has 4 heterocycles. The Kier molecular flexibility index (Phi) is 4.55. The number of benzene rings is 1. The van der Waals surface area contributed by atoms with Crippen molar-refractivity contribution in [1.29, 1.82) is 0 Å². The zero-order valence-corrected chi connectivity index (χ0v) is 17.6. The molecule has 1 aromatic heterocycles. The third-order valence-electron chi connectivity index (χ3n) is 6.57. The van der Waals surface area contributed by atoms with Gasteiger partial charge in [0.05, 0.1) is 18.2 Å². The van der Waals surface area contributed by atoms with Gasteiger partial charge in [0, 0.05) is 42.3 Å². The maximum absolute atomic E-state index is 13.4. The monoisotopic (exact) mass is 424 g/mol. The van der Waals surface area contributed by atoms with Gasteiger partial charge in [-0.25, -0.2) is 4.79 Å². The lowest BCUT2D eigenvalue weighted by Gasteiger charge is -2.33. The molecule has 3 aliphatic heterocycles. The average molecular weight is 424 g/mol. The molecule has 0 spiro atoms. The zero-order chi connectivity index (χ0) is 21.9. The Hall–Kier alpha value is -2.94. The minimum absolute atomic E-state index is 0.117. The number of pyridine rings is 1. The maximum atomic E-state index is 13.4. The number of aliphatic hydroxyl groups is 1. The molecule has 8 nitrogen and oxygen atoms in total. The number of rotatable bonds is 4. The molecule has 1 aromatic carbocycles. The quantitative estimate of drug-likeness (QED) is 0.573. The number of methoxy groups -OCH3 is 2. The number of hydrogen-bond acceptors (Lipinski definition) is 7.